The number of piperazine rings is 1. The molecule has 1 aromatic carbocycles. The highest BCUT2D eigenvalue weighted by molar-refractivity contribution is 5.96. The van der Waals surface area contributed by atoms with E-state index in [1.807, 2.05) is 0 Å². The Hall–Kier alpha value is -2.83. The molecule has 0 bridgehead atoms. The van der Waals surface area contributed by atoms with E-state index in [4.69, 9.17) is 0 Å². The first-order valence-corrected chi connectivity index (χ1v) is 7.50. The van der Waals surface area contributed by atoms with Gasteiger partial charge in [0.15, 0.2) is 0 Å². The van der Waals surface area contributed by atoms with Crippen LogP contribution in [0.3, 0.4) is 0 Å². The third kappa shape index (κ3) is 3.24. The van der Waals surface area contributed by atoms with Gasteiger partial charge in [0.1, 0.15) is 11.6 Å². The summed E-state index contributed by atoms with van der Waals surface area (Å²) in [5, 5.41) is 0. The molecular weight excluding hydrogens is 316 g/mol. The van der Waals surface area contributed by atoms with E-state index in [1.54, 1.807) is 23.2 Å². The van der Waals surface area contributed by atoms with E-state index < -0.39 is 17.5 Å². The summed E-state index contributed by atoms with van der Waals surface area (Å²) >= 11 is 0. The van der Waals surface area contributed by atoms with Crippen LogP contribution in [0.4, 0.5) is 8.78 Å². The number of carbonyl (C=O) groups is 2. The van der Waals surface area contributed by atoms with Crippen molar-refractivity contribution in [1.29, 1.82) is 0 Å². The average Bonchev–Trinajstić information content (AvgIpc) is 2.61. The topological polar surface area (TPSA) is 53.5 Å². The molecule has 0 aliphatic carbocycles. The molecule has 2 aromatic rings. The molecule has 1 aliphatic heterocycles. The number of hydrogen-bond donors (Lipinski definition) is 0. The van der Waals surface area contributed by atoms with Gasteiger partial charge in [-0.15, -0.1) is 0 Å². The lowest BCUT2D eigenvalue weighted by Crippen LogP contribution is -2.50. The van der Waals surface area contributed by atoms with Gasteiger partial charge in [-0.25, -0.2) is 8.78 Å². The Balaban J connectivity index is 1.64. The second-order valence-electron chi connectivity index (χ2n) is 5.45. The number of carbonyl (C=O) groups excluding carboxylic acids is 2. The molecule has 1 saturated heterocycles. The van der Waals surface area contributed by atoms with Crippen molar-refractivity contribution < 1.29 is 18.4 Å². The van der Waals surface area contributed by atoms with Crippen LogP contribution in [0.2, 0.25) is 0 Å². The summed E-state index contributed by atoms with van der Waals surface area (Å²) < 4.78 is 26.7. The molecule has 1 aliphatic rings. The summed E-state index contributed by atoms with van der Waals surface area (Å²) in [6.07, 6.45) is 3.08. The lowest BCUT2D eigenvalue weighted by Gasteiger charge is -2.34. The molecule has 0 atom stereocenters. The largest absolute Gasteiger partial charge is 0.335 e. The third-order valence-electron chi connectivity index (χ3n) is 3.92. The fraction of sp³-hybridized carbons (Fsp3) is 0.235. The van der Waals surface area contributed by atoms with E-state index in [2.05, 4.69) is 4.98 Å². The molecule has 5 nitrogen and oxygen atoms in total. The van der Waals surface area contributed by atoms with Gasteiger partial charge in [0, 0.05) is 44.6 Å². The van der Waals surface area contributed by atoms with Crippen LogP contribution in [0.5, 0.6) is 0 Å². The number of amides is 2. The number of pyridine rings is 1. The van der Waals surface area contributed by atoms with Gasteiger partial charge in [-0.3, -0.25) is 14.6 Å². The molecule has 24 heavy (non-hydrogen) atoms. The summed E-state index contributed by atoms with van der Waals surface area (Å²) in [5.41, 5.74) is 0.324. The molecule has 2 amide bonds. The fourth-order valence-corrected chi connectivity index (χ4v) is 2.62. The van der Waals surface area contributed by atoms with Crippen LogP contribution in [0.1, 0.15) is 20.7 Å². The van der Waals surface area contributed by atoms with Gasteiger partial charge >= 0.3 is 0 Å². The van der Waals surface area contributed by atoms with Crippen molar-refractivity contribution in [3.8, 4) is 0 Å². The monoisotopic (exact) mass is 331 g/mol. The van der Waals surface area contributed by atoms with E-state index >= 15 is 0 Å². The molecule has 0 saturated carbocycles. The highest BCUT2D eigenvalue weighted by atomic mass is 19.1. The predicted molar refractivity (Wildman–Crippen MR) is 82.4 cm³/mol. The Morgan fingerprint density at radius 3 is 2.21 bits per heavy atom. The number of nitrogens with zero attached hydrogens (tertiary/aromatic N) is 3. The molecule has 0 radical (unpaired) electrons. The lowest BCUT2D eigenvalue weighted by molar-refractivity contribution is 0.0532. The second-order valence-corrected chi connectivity index (χ2v) is 5.45. The van der Waals surface area contributed by atoms with Gasteiger partial charge in [-0.05, 0) is 24.3 Å². The molecule has 1 fully saturated rings. The van der Waals surface area contributed by atoms with E-state index in [1.165, 1.54) is 11.1 Å². The highest BCUT2D eigenvalue weighted by Gasteiger charge is 2.26. The highest BCUT2D eigenvalue weighted by Crippen LogP contribution is 2.15. The molecule has 1 aromatic heterocycles. The van der Waals surface area contributed by atoms with Gasteiger partial charge in [-0.2, -0.15) is 0 Å². The van der Waals surface area contributed by atoms with E-state index in [-0.39, 0.29) is 11.5 Å². The summed E-state index contributed by atoms with van der Waals surface area (Å²) in [5.74, 6) is -2.26. The Morgan fingerprint density at radius 1 is 0.958 bits per heavy atom. The van der Waals surface area contributed by atoms with Gasteiger partial charge in [-0.1, -0.05) is 0 Å². The Kier molecular flexibility index (Phi) is 4.50. The number of hydrogen-bond acceptors (Lipinski definition) is 3. The quantitative estimate of drug-likeness (QED) is 0.845. The lowest BCUT2D eigenvalue weighted by atomic mass is 10.1. The van der Waals surface area contributed by atoms with Crippen molar-refractivity contribution in [3.05, 3.63) is 65.5 Å². The van der Waals surface area contributed by atoms with Crippen LogP contribution in [0, 0.1) is 11.6 Å². The van der Waals surface area contributed by atoms with Crippen LogP contribution in [-0.2, 0) is 0 Å². The first-order valence-electron chi connectivity index (χ1n) is 7.50. The molecule has 124 valence electrons. The minimum absolute atomic E-state index is 0.150. The minimum Gasteiger partial charge on any atom is -0.335 e. The number of halogens is 2. The SMILES string of the molecule is O=C(c1cccnc1)N1CCN(C(=O)c2ccc(F)cc2F)CC1. The van der Waals surface area contributed by atoms with Crippen molar-refractivity contribution in [2.75, 3.05) is 26.2 Å². The Labute approximate surface area is 137 Å². The standard InChI is InChI=1S/C17H15F2N3O2/c18-13-3-4-14(15(19)10-13)17(24)22-8-6-21(7-9-22)16(23)12-2-1-5-20-11-12/h1-5,10-11H,6-9H2. The molecular formula is C17H15F2N3O2. The van der Waals surface area contributed by atoms with Crippen molar-refractivity contribution in [2.24, 2.45) is 0 Å². The normalized spacial score (nSPS) is 14.6. The second kappa shape index (κ2) is 6.74. The van der Waals surface area contributed by atoms with Crippen LogP contribution in [-0.4, -0.2) is 52.8 Å². The summed E-state index contributed by atoms with van der Waals surface area (Å²) in [7, 11) is 0. The van der Waals surface area contributed by atoms with Gasteiger partial charge in [0.05, 0.1) is 11.1 Å². The van der Waals surface area contributed by atoms with E-state index in [9.17, 15) is 18.4 Å². The summed E-state index contributed by atoms with van der Waals surface area (Å²) in [6.45, 7) is 1.29. The average molecular weight is 331 g/mol. The Morgan fingerprint density at radius 2 is 1.62 bits per heavy atom. The fourth-order valence-electron chi connectivity index (χ4n) is 2.62. The zero-order valence-corrected chi connectivity index (χ0v) is 12.8. The molecule has 0 N–H and O–H groups in total. The minimum atomic E-state index is -0.881. The van der Waals surface area contributed by atoms with E-state index in [0.29, 0.717) is 37.8 Å². The van der Waals surface area contributed by atoms with Gasteiger partial charge in [0.2, 0.25) is 0 Å². The molecule has 3 rings (SSSR count). The van der Waals surface area contributed by atoms with Gasteiger partial charge in [0.25, 0.3) is 11.8 Å². The van der Waals surface area contributed by atoms with Crippen molar-refractivity contribution in [1.82, 2.24) is 14.8 Å². The zero-order chi connectivity index (χ0) is 17.1. The third-order valence-corrected chi connectivity index (χ3v) is 3.92. The Bertz CT molecular complexity index is 760. The molecule has 2 heterocycles. The van der Waals surface area contributed by atoms with Crippen LogP contribution >= 0.6 is 0 Å². The number of benzene rings is 1. The van der Waals surface area contributed by atoms with Crippen LogP contribution in [0.25, 0.3) is 0 Å². The summed E-state index contributed by atoms with van der Waals surface area (Å²) in [4.78, 5) is 31.7. The number of rotatable bonds is 2. The van der Waals surface area contributed by atoms with Crippen molar-refractivity contribution in [2.45, 2.75) is 0 Å². The van der Waals surface area contributed by atoms with Crippen LogP contribution in [0.15, 0.2) is 42.7 Å². The smallest absolute Gasteiger partial charge is 0.256 e. The first-order chi connectivity index (χ1) is 11.6. The number of aromatic nitrogens is 1. The summed E-state index contributed by atoms with van der Waals surface area (Å²) in [6, 6.07) is 6.25. The van der Waals surface area contributed by atoms with Crippen LogP contribution < -0.4 is 0 Å². The van der Waals surface area contributed by atoms with Crippen molar-refractivity contribution in [3.63, 3.8) is 0 Å². The maximum Gasteiger partial charge on any atom is 0.256 e. The molecule has 0 unspecified atom stereocenters. The zero-order valence-electron chi connectivity index (χ0n) is 12.8. The van der Waals surface area contributed by atoms with Gasteiger partial charge < -0.3 is 9.80 Å². The molecule has 7 heteroatoms. The maximum absolute atomic E-state index is 13.7. The predicted octanol–water partition coefficient (Wildman–Crippen LogP) is 1.96. The van der Waals surface area contributed by atoms with E-state index in [0.717, 1.165) is 12.1 Å². The van der Waals surface area contributed by atoms with Crippen molar-refractivity contribution >= 4 is 11.8 Å². The molecule has 0 spiro atoms. The first kappa shape index (κ1) is 16.0. The maximum atomic E-state index is 13.7.